The van der Waals surface area contributed by atoms with E-state index in [1.807, 2.05) is 0 Å². The quantitative estimate of drug-likeness (QED) is 0.381. The zero-order chi connectivity index (χ0) is 25.4. The van der Waals surface area contributed by atoms with Crippen molar-refractivity contribution < 1.29 is 37.4 Å². The van der Waals surface area contributed by atoms with Crippen molar-refractivity contribution in [1.82, 2.24) is 15.0 Å². The monoisotopic (exact) mass is 496 g/mol. The molecule has 0 spiro atoms. The Labute approximate surface area is 202 Å². The van der Waals surface area contributed by atoms with Crippen LogP contribution in [0, 0.1) is 18.6 Å². The summed E-state index contributed by atoms with van der Waals surface area (Å²) in [6.07, 6.45) is 1.29. The average molecular weight is 497 g/mol. The number of hydroxylamine groups is 2. The third-order valence-electron chi connectivity index (χ3n) is 5.07. The summed E-state index contributed by atoms with van der Waals surface area (Å²) in [6, 6.07) is 1.97. The number of carbonyl (C=O) groups is 1. The van der Waals surface area contributed by atoms with Gasteiger partial charge in [0.05, 0.1) is 24.0 Å². The first kappa shape index (κ1) is 26.4. The van der Waals surface area contributed by atoms with Crippen LogP contribution in [0.25, 0.3) is 0 Å². The molecule has 2 aromatic rings. The van der Waals surface area contributed by atoms with E-state index in [2.05, 4.69) is 15.3 Å². The topological polar surface area (TPSA) is 104 Å². The molecule has 2 heterocycles. The van der Waals surface area contributed by atoms with Crippen LogP contribution in [0.2, 0.25) is 0 Å². The molecule has 0 unspecified atom stereocenters. The molecule has 0 amide bonds. The minimum Gasteiger partial charge on any atom is -0.488 e. The van der Waals surface area contributed by atoms with Gasteiger partial charge in [0, 0.05) is 45.2 Å². The first-order valence-electron chi connectivity index (χ1n) is 11.3. The van der Waals surface area contributed by atoms with Gasteiger partial charge < -0.3 is 29.1 Å². The van der Waals surface area contributed by atoms with E-state index in [0.717, 1.165) is 12.1 Å². The van der Waals surface area contributed by atoms with Crippen molar-refractivity contribution >= 4 is 17.7 Å². The normalized spacial score (nSPS) is 14.6. The lowest BCUT2D eigenvalue weighted by Crippen LogP contribution is -2.40. The summed E-state index contributed by atoms with van der Waals surface area (Å²) in [5.74, 6) is -1.04. The van der Waals surface area contributed by atoms with E-state index in [1.165, 1.54) is 18.5 Å². The second-order valence-corrected chi connectivity index (χ2v) is 8.14. The number of carbonyl (C=O) groups excluding carboxylic acids is 1. The summed E-state index contributed by atoms with van der Waals surface area (Å²) in [5.41, 5.74) is 0.431. The summed E-state index contributed by atoms with van der Waals surface area (Å²) in [6.45, 7) is 6.49. The van der Waals surface area contributed by atoms with Crippen LogP contribution in [0.1, 0.15) is 32.3 Å². The molecular formula is C23H30F2N4O6. The molecule has 1 saturated heterocycles. The number of hydrogen-bond donors (Lipinski definition) is 1. The van der Waals surface area contributed by atoms with Crippen LogP contribution >= 0.6 is 0 Å². The maximum absolute atomic E-state index is 14.6. The van der Waals surface area contributed by atoms with Crippen molar-refractivity contribution in [2.24, 2.45) is 0 Å². The van der Waals surface area contributed by atoms with Crippen molar-refractivity contribution in [1.29, 1.82) is 0 Å². The third kappa shape index (κ3) is 7.62. The number of nitrogens with one attached hydrogen (secondary N) is 1. The van der Waals surface area contributed by atoms with Gasteiger partial charge in [-0.15, -0.1) is 5.06 Å². The lowest BCUT2D eigenvalue weighted by Gasteiger charge is -2.30. The Balaban J connectivity index is 1.60. The van der Waals surface area contributed by atoms with E-state index in [4.69, 9.17) is 23.8 Å². The predicted octanol–water partition coefficient (Wildman–Crippen LogP) is 4.15. The lowest BCUT2D eigenvalue weighted by atomic mass is 10.1. The lowest BCUT2D eigenvalue weighted by molar-refractivity contribution is -0.151. The number of piperidine rings is 1. The summed E-state index contributed by atoms with van der Waals surface area (Å²) in [7, 11) is 1.49. The van der Waals surface area contributed by atoms with Gasteiger partial charge in [-0.3, -0.25) is 0 Å². The highest BCUT2D eigenvalue weighted by Gasteiger charge is 2.25. The van der Waals surface area contributed by atoms with E-state index >= 15 is 0 Å². The molecule has 0 bridgehead atoms. The fourth-order valence-electron chi connectivity index (χ4n) is 3.29. The number of hydrogen-bond acceptors (Lipinski definition) is 10. The van der Waals surface area contributed by atoms with Gasteiger partial charge in [0.25, 0.3) is 0 Å². The minimum atomic E-state index is -0.736. The second kappa shape index (κ2) is 12.5. The Kier molecular flexibility index (Phi) is 9.38. The smallest absolute Gasteiger partial charge is 0.488 e. The molecule has 0 radical (unpaired) electrons. The first-order valence-corrected chi connectivity index (χ1v) is 11.3. The van der Waals surface area contributed by atoms with Crippen molar-refractivity contribution in [3.63, 3.8) is 0 Å². The molecule has 1 aromatic carbocycles. The Hall–Kier alpha value is -3.25. The molecule has 1 N–H and O–H groups in total. The number of nitrogens with zero attached hydrogens (tertiary/aromatic N) is 3. The van der Waals surface area contributed by atoms with E-state index in [1.54, 1.807) is 20.8 Å². The number of ether oxygens (including phenoxy) is 4. The molecule has 0 aliphatic carbocycles. The van der Waals surface area contributed by atoms with Crippen molar-refractivity contribution in [3.05, 3.63) is 35.7 Å². The van der Waals surface area contributed by atoms with Gasteiger partial charge in [-0.25, -0.2) is 23.5 Å². The number of benzene rings is 1. The Morgan fingerprint density at radius 2 is 1.91 bits per heavy atom. The summed E-state index contributed by atoms with van der Waals surface area (Å²) < 4.78 is 49.9. The molecule has 192 valence electrons. The minimum absolute atomic E-state index is 0.0957. The molecule has 35 heavy (non-hydrogen) atoms. The van der Waals surface area contributed by atoms with Crippen LogP contribution in [-0.2, 0) is 14.3 Å². The van der Waals surface area contributed by atoms with Gasteiger partial charge >= 0.3 is 6.16 Å². The van der Waals surface area contributed by atoms with E-state index in [-0.39, 0.29) is 42.7 Å². The first-order chi connectivity index (χ1) is 16.8. The van der Waals surface area contributed by atoms with Gasteiger partial charge in [-0.05, 0) is 20.8 Å². The zero-order valence-electron chi connectivity index (χ0n) is 20.2. The van der Waals surface area contributed by atoms with Crippen LogP contribution in [0.4, 0.5) is 25.1 Å². The molecule has 3 rings (SSSR count). The molecule has 0 saturated carbocycles. The Morgan fingerprint density at radius 1 is 1.17 bits per heavy atom. The maximum atomic E-state index is 14.6. The fourth-order valence-corrected chi connectivity index (χ4v) is 3.29. The van der Waals surface area contributed by atoms with Gasteiger partial charge in [0.2, 0.25) is 5.88 Å². The van der Waals surface area contributed by atoms with Crippen molar-refractivity contribution in [2.45, 2.75) is 45.8 Å². The number of aromatic nitrogens is 2. The predicted molar refractivity (Wildman–Crippen MR) is 122 cm³/mol. The number of halogens is 2. The molecule has 10 nitrogen and oxygen atoms in total. The molecule has 1 aromatic heterocycles. The van der Waals surface area contributed by atoms with Gasteiger partial charge in [-0.2, -0.15) is 0 Å². The van der Waals surface area contributed by atoms with E-state index < -0.39 is 17.8 Å². The summed E-state index contributed by atoms with van der Waals surface area (Å²) in [4.78, 5) is 25.1. The third-order valence-corrected chi connectivity index (χ3v) is 5.07. The SMILES string of the molecule is COCCOc1cc(F)c(Nc2ncnc(OC3CCN(OC(=O)OC(C)C)CC3)c2C)cc1F. The Morgan fingerprint density at radius 3 is 2.60 bits per heavy atom. The van der Waals surface area contributed by atoms with Crippen LogP contribution in [-0.4, -0.2) is 66.8 Å². The number of anilines is 2. The summed E-state index contributed by atoms with van der Waals surface area (Å²) in [5, 5.41) is 4.32. The molecular weight excluding hydrogens is 466 g/mol. The van der Waals surface area contributed by atoms with Crippen molar-refractivity contribution in [2.75, 3.05) is 38.7 Å². The van der Waals surface area contributed by atoms with Crippen LogP contribution < -0.4 is 14.8 Å². The molecule has 1 fully saturated rings. The van der Waals surface area contributed by atoms with Gasteiger partial charge in [-0.1, -0.05) is 0 Å². The standard InChI is InChI=1S/C23H30F2N4O6/c1-14(2)33-23(30)35-29-7-5-16(6-8-29)34-22-15(3)21(26-13-27-22)28-19-11-18(25)20(12-17(19)24)32-10-9-31-4/h11-14,16H,5-10H2,1-4H3,(H,26,27,28). The number of methoxy groups -OCH3 is 1. The second-order valence-electron chi connectivity index (χ2n) is 8.14. The van der Waals surface area contributed by atoms with Crippen molar-refractivity contribution in [3.8, 4) is 11.6 Å². The van der Waals surface area contributed by atoms with E-state index in [9.17, 15) is 13.6 Å². The largest absolute Gasteiger partial charge is 0.528 e. The molecule has 1 aliphatic rings. The maximum Gasteiger partial charge on any atom is 0.528 e. The van der Waals surface area contributed by atoms with Gasteiger partial charge in [0.1, 0.15) is 24.9 Å². The highest BCUT2D eigenvalue weighted by Crippen LogP contribution is 2.30. The van der Waals surface area contributed by atoms with E-state index in [0.29, 0.717) is 37.4 Å². The van der Waals surface area contributed by atoms with Gasteiger partial charge in [0.15, 0.2) is 17.4 Å². The summed E-state index contributed by atoms with van der Waals surface area (Å²) >= 11 is 0. The molecule has 1 aliphatic heterocycles. The Bertz CT molecular complexity index is 1000. The molecule has 12 heteroatoms. The fraction of sp³-hybridized carbons (Fsp3) is 0.522. The zero-order valence-corrected chi connectivity index (χ0v) is 20.2. The highest BCUT2D eigenvalue weighted by atomic mass is 19.1. The van der Waals surface area contributed by atoms with Crippen LogP contribution in [0.3, 0.4) is 0 Å². The van der Waals surface area contributed by atoms with Crippen LogP contribution in [0.5, 0.6) is 11.6 Å². The average Bonchev–Trinajstić information content (AvgIpc) is 2.80. The highest BCUT2D eigenvalue weighted by molar-refractivity contribution is 5.62. The number of rotatable bonds is 10. The molecule has 0 atom stereocenters. The van der Waals surface area contributed by atoms with Crippen LogP contribution in [0.15, 0.2) is 18.5 Å².